The third kappa shape index (κ3) is 3.91. The lowest BCUT2D eigenvalue weighted by Crippen LogP contribution is -2.34. The van der Waals surface area contributed by atoms with Crippen LogP contribution in [-0.2, 0) is 4.74 Å². The Kier molecular flexibility index (Phi) is 5.38. The first-order valence-electron chi connectivity index (χ1n) is 8.57. The Hall–Kier alpha value is -2.75. The molecule has 1 fully saturated rings. The van der Waals surface area contributed by atoms with Crippen molar-refractivity contribution >= 4 is 11.6 Å². The van der Waals surface area contributed by atoms with Crippen LogP contribution in [0.1, 0.15) is 11.7 Å². The highest BCUT2D eigenvalue weighted by molar-refractivity contribution is 6.30. The van der Waals surface area contributed by atoms with Gasteiger partial charge in [0.1, 0.15) is 23.8 Å². The molecule has 1 aliphatic rings. The first-order valence-corrected chi connectivity index (χ1v) is 8.95. The van der Waals surface area contributed by atoms with E-state index in [1.54, 1.807) is 24.4 Å². The van der Waals surface area contributed by atoms with Crippen LogP contribution in [0.5, 0.6) is 5.75 Å². The summed E-state index contributed by atoms with van der Waals surface area (Å²) in [4.78, 5) is 17.9. The van der Waals surface area contributed by atoms with Crippen molar-refractivity contribution in [2.45, 2.75) is 12.2 Å². The molecule has 3 aromatic rings. The third-order valence-electron chi connectivity index (χ3n) is 4.25. The number of nitrogens with zero attached hydrogens (tertiary/aromatic N) is 2. The van der Waals surface area contributed by atoms with Crippen LogP contribution in [0.4, 0.5) is 4.39 Å². The molecule has 8 nitrogen and oxygen atoms in total. The van der Waals surface area contributed by atoms with Gasteiger partial charge < -0.3 is 14.8 Å². The van der Waals surface area contributed by atoms with E-state index in [9.17, 15) is 9.18 Å². The highest BCUT2D eigenvalue weighted by atomic mass is 35.5. The summed E-state index contributed by atoms with van der Waals surface area (Å²) in [6.45, 7) is 1.52. The molecule has 0 aliphatic carbocycles. The van der Waals surface area contributed by atoms with Gasteiger partial charge in [-0.15, -0.1) is 0 Å². The van der Waals surface area contributed by atoms with Gasteiger partial charge in [-0.25, -0.2) is 14.2 Å². The molecule has 146 valence electrons. The number of ether oxygens (including phenoxy) is 2. The minimum absolute atomic E-state index is 0.0393. The van der Waals surface area contributed by atoms with Crippen LogP contribution in [-0.4, -0.2) is 40.9 Å². The smallest absolute Gasteiger partial charge is 0.439 e. The number of aromatic nitrogens is 3. The van der Waals surface area contributed by atoms with E-state index in [1.807, 2.05) is 0 Å². The first-order chi connectivity index (χ1) is 13.6. The van der Waals surface area contributed by atoms with Crippen molar-refractivity contribution in [2.75, 3.05) is 19.7 Å². The zero-order valence-corrected chi connectivity index (χ0v) is 15.3. The van der Waals surface area contributed by atoms with E-state index in [1.165, 1.54) is 12.1 Å². The molecule has 2 atom stereocenters. The molecule has 2 aromatic heterocycles. The second-order valence-corrected chi connectivity index (χ2v) is 6.53. The van der Waals surface area contributed by atoms with Crippen LogP contribution in [0, 0.1) is 5.82 Å². The second-order valence-electron chi connectivity index (χ2n) is 6.12. The molecule has 0 saturated carbocycles. The molecular weight excluding hydrogens is 391 g/mol. The molecular formula is C18H16ClFN4O4. The number of aromatic amines is 1. The minimum atomic E-state index is -0.694. The fourth-order valence-electron chi connectivity index (χ4n) is 2.98. The molecule has 4 rings (SSSR count). The molecule has 0 radical (unpaired) electrons. The maximum absolute atomic E-state index is 14.0. The number of halogens is 2. The number of hydrogen-bond donors (Lipinski definition) is 2. The molecule has 2 unspecified atom stereocenters. The minimum Gasteiger partial charge on any atom is -0.484 e. The lowest BCUT2D eigenvalue weighted by molar-refractivity contribution is -0.00845. The first kappa shape index (κ1) is 18.6. The molecule has 2 N–H and O–H groups in total. The van der Waals surface area contributed by atoms with Gasteiger partial charge in [0.15, 0.2) is 5.69 Å². The Labute approximate surface area is 163 Å². The zero-order chi connectivity index (χ0) is 19.5. The van der Waals surface area contributed by atoms with E-state index in [0.29, 0.717) is 36.7 Å². The molecule has 1 aromatic carbocycles. The fraction of sp³-hybridized carbons (Fsp3) is 0.278. The summed E-state index contributed by atoms with van der Waals surface area (Å²) in [6, 6.07) is 7.92. The van der Waals surface area contributed by atoms with Crippen LogP contribution in [0.2, 0.25) is 5.02 Å². The summed E-state index contributed by atoms with van der Waals surface area (Å²) in [5.74, 6) is -0.692. The maximum Gasteiger partial charge on any atom is 0.439 e. The summed E-state index contributed by atoms with van der Waals surface area (Å²) in [7, 11) is 0. The monoisotopic (exact) mass is 406 g/mol. The van der Waals surface area contributed by atoms with Crippen LogP contribution in [0.15, 0.2) is 45.8 Å². The molecule has 1 saturated heterocycles. The molecule has 0 amide bonds. The van der Waals surface area contributed by atoms with Gasteiger partial charge in [0.2, 0.25) is 5.82 Å². The predicted molar refractivity (Wildman–Crippen MR) is 97.7 cm³/mol. The van der Waals surface area contributed by atoms with Crippen molar-refractivity contribution in [1.82, 2.24) is 20.4 Å². The van der Waals surface area contributed by atoms with Crippen molar-refractivity contribution < 1.29 is 18.4 Å². The second kappa shape index (κ2) is 8.09. The Morgan fingerprint density at radius 1 is 1.32 bits per heavy atom. The quantitative estimate of drug-likeness (QED) is 0.685. The van der Waals surface area contributed by atoms with E-state index >= 15 is 0 Å². The van der Waals surface area contributed by atoms with E-state index < -0.39 is 23.8 Å². The van der Waals surface area contributed by atoms with Crippen molar-refractivity contribution in [2.24, 2.45) is 0 Å². The van der Waals surface area contributed by atoms with Gasteiger partial charge in [0.25, 0.3) is 0 Å². The van der Waals surface area contributed by atoms with Crippen LogP contribution < -0.4 is 15.8 Å². The SMILES string of the molecule is O=c1[nH]c(-c2ncccc2OC2CNCCOC2c2ccc(Cl)c(F)c2)no1. The average molecular weight is 407 g/mol. The van der Waals surface area contributed by atoms with Gasteiger partial charge in [0.05, 0.1) is 11.6 Å². The molecule has 10 heteroatoms. The van der Waals surface area contributed by atoms with Crippen LogP contribution in [0.25, 0.3) is 11.5 Å². The zero-order valence-electron chi connectivity index (χ0n) is 14.5. The summed E-state index contributed by atoms with van der Waals surface area (Å²) >= 11 is 5.80. The summed E-state index contributed by atoms with van der Waals surface area (Å²) in [6.07, 6.45) is 0.513. The topological polar surface area (TPSA) is 102 Å². The van der Waals surface area contributed by atoms with E-state index in [-0.39, 0.29) is 10.8 Å². The average Bonchev–Trinajstić information content (AvgIpc) is 2.99. The molecule has 0 spiro atoms. The van der Waals surface area contributed by atoms with Gasteiger partial charge in [-0.05, 0) is 29.8 Å². The molecule has 28 heavy (non-hydrogen) atoms. The normalized spacial score (nSPS) is 19.9. The van der Waals surface area contributed by atoms with Crippen molar-refractivity contribution in [3.63, 3.8) is 0 Å². The highest BCUT2D eigenvalue weighted by Crippen LogP contribution is 2.31. The third-order valence-corrected chi connectivity index (χ3v) is 4.55. The number of benzene rings is 1. The summed E-state index contributed by atoms with van der Waals surface area (Å²) in [5, 5.41) is 6.92. The van der Waals surface area contributed by atoms with E-state index in [0.717, 1.165) is 0 Å². The van der Waals surface area contributed by atoms with Gasteiger partial charge in [-0.1, -0.05) is 22.8 Å². The van der Waals surface area contributed by atoms with Gasteiger partial charge in [0, 0.05) is 19.3 Å². The largest absolute Gasteiger partial charge is 0.484 e. The van der Waals surface area contributed by atoms with Crippen molar-refractivity contribution in [1.29, 1.82) is 0 Å². The lowest BCUT2D eigenvalue weighted by atomic mass is 10.0. The Morgan fingerprint density at radius 2 is 2.21 bits per heavy atom. The predicted octanol–water partition coefficient (Wildman–Crippen LogP) is 2.33. The summed E-state index contributed by atoms with van der Waals surface area (Å²) < 4.78 is 30.6. The summed E-state index contributed by atoms with van der Waals surface area (Å²) in [5.41, 5.74) is 0.925. The number of rotatable bonds is 4. The van der Waals surface area contributed by atoms with Gasteiger partial charge in [-0.2, -0.15) is 0 Å². The van der Waals surface area contributed by atoms with Gasteiger partial charge in [-0.3, -0.25) is 9.51 Å². The lowest BCUT2D eigenvalue weighted by Gasteiger charge is -2.26. The van der Waals surface area contributed by atoms with Crippen LogP contribution in [0.3, 0.4) is 0 Å². The van der Waals surface area contributed by atoms with Crippen LogP contribution >= 0.6 is 11.6 Å². The number of H-pyrrole nitrogens is 1. The van der Waals surface area contributed by atoms with Crippen molar-refractivity contribution in [3.05, 3.63) is 63.5 Å². The Balaban J connectivity index is 1.66. The molecule has 1 aliphatic heterocycles. The van der Waals surface area contributed by atoms with Gasteiger partial charge >= 0.3 is 5.76 Å². The Morgan fingerprint density at radius 3 is 3.00 bits per heavy atom. The Bertz CT molecular complexity index is 1020. The van der Waals surface area contributed by atoms with E-state index in [2.05, 4.69) is 25.0 Å². The van der Waals surface area contributed by atoms with E-state index in [4.69, 9.17) is 21.1 Å². The molecule has 3 heterocycles. The number of nitrogens with one attached hydrogen (secondary N) is 2. The standard InChI is InChI=1S/C18H16ClFN4O4/c19-11-4-3-10(8-12(11)20)16-14(9-21-6-7-26-16)27-13-2-1-5-22-15(13)17-23-18(25)28-24-17/h1-5,8,14,16,21H,6-7,9H2,(H,23,24,25). The number of hydrogen-bond acceptors (Lipinski definition) is 7. The fourth-order valence-corrected chi connectivity index (χ4v) is 3.10. The molecule has 0 bridgehead atoms. The number of pyridine rings is 1. The van der Waals surface area contributed by atoms with Crippen molar-refractivity contribution in [3.8, 4) is 17.3 Å². The maximum atomic E-state index is 14.0. The highest BCUT2D eigenvalue weighted by Gasteiger charge is 2.30.